The van der Waals surface area contributed by atoms with Crippen molar-refractivity contribution in [3.8, 4) is 0 Å². The van der Waals surface area contributed by atoms with E-state index in [0.29, 0.717) is 5.75 Å². The van der Waals surface area contributed by atoms with Crippen LogP contribution >= 0.6 is 11.8 Å². The van der Waals surface area contributed by atoms with Gasteiger partial charge in [-0.05, 0) is 31.5 Å². The number of hydrogen-bond acceptors (Lipinski definition) is 3. The number of carboxylic acids is 1. The average molecular weight is 240 g/mol. The van der Waals surface area contributed by atoms with Crippen LogP contribution in [0.3, 0.4) is 0 Å². The zero-order valence-corrected chi connectivity index (χ0v) is 10.3. The van der Waals surface area contributed by atoms with Gasteiger partial charge in [-0.2, -0.15) is 0 Å². The summed E-state index contributed by atoms with van der Waals surface area (Å²) in [6.45, 7) is 3.46. The minimum atomic E-state index is -0.785. The molecule has 0 heterocycles. The molecule has 0 fully saturated rings. The summed E-state index contributed by atoms with van der Waals surface area (Å²) in [5.41, 5.74) is 0.141. The van der Waals surface area contributed by atoms with Crippen molar-refractivity contribution in [2.24, 2.45) is 5.41 Å². The van der Waals surface area contributed by atoms with Gasteiger partial charge in [0.2, 0.25) is 0 Å². The summed E-state index contributed by atoms with van der Waals surface area (Å²) in [7, 11) is 0. The molecule has 3 nitrogen and oxygen atoms in total. The number of aliphatic carboxylic acids is 1. The van der Waals surface area contributed by atoms with Crippen LogP contribution < -0.4 is 0 Å². The molecule has 0 bridgehead atoms. The molecule has 1 aromatic carbocycles. The molecule has 0 spiro atoms. The van der Waals surface area contributed by atoms with Gasteiger partial charge in [-0.25, -0.2) is 0 Å². The van der Waals surface area contributed by atoms with Crippen LogP contribution in [-0.4, -0.2) is 21.9 Å². The number of thioether (sulfide) groups is 1. The first-order chi connectivity index (χ1) is 7.45. The number of benzene rings is 1. The van der Waals surface area contributed by atoms with Crippen LogP contribution in [0.25, 0.3) is 0 Å². The van der Waals surface area contributed by atoms with Crippen LogP contribution in [0.1, 0.15) is 19.4 Å². The largest absolute Gasteiger partial charge is 0.481 e. The van der Waals surface area contributed by atoms with Crippen LogP contribution in [0, 0.1) is 5.41 Å². The van der Waals surface area contributed by atoms with E-state index in [-0.39, 0.29) is 6.61 Å². The van der Waals surface area contributed by atoms with E-state index in [1.807, 2.05) is 24.3 Å². The Morgan fingerprint density at radius 3 is 2.31 bits per heavy atom. The molecule has 0 aliphatic carbocycles. The van der Waals surface area contributed by atoms with Gasteiger partial charge >= 0.3 is 5.97 Å². The average Bonchev–Trinajstić information content (AvgIpc) is 2.27. The Labute approximate surface area is 99.5 Å². The Balaban J connectivity index is 2.58. The molecule has 0 unspecified atom stereocenters. The Bertz CT molecular complexity index is 357. The summed E-state index contributed by atoms with van der Waals surface area (Å²) in [6.07, 6.45) is 0. The highest BCUT2D eigenvalue weighted by molar-refractivity contribution is 7.99. The Morgan fingerprint density at radius 1 is 1.31 bits per heavy atom. The van der Waals surface area contributed by atoms with E-state index in [2.05, 4.69) is 0 Å². The monoisotopic (exact) mass is 240 g/mol. The van der Waals surface area contributed by atoms with Gasteiger partial charge in [-0.1, -0.05) is 12.1 Å². The Kier molecular flexibility index (Phi) is 4.38. The van der Waals surface area contributed by atoms with E-state index >= 15 is 0 Å². The molecule has 0 aliphatic rings. The third kappa shape index (κ3) is 3.54. The van der Waals surface area contributed by atoms with Gasteiger partial charge in [0, 0.05) is 10.6 Å². The Hall–Kier alpha value is -1.00. The predicted octanol–water partition coefficient (Wildman–Crippen LogP) is 2.38. The number of carboxylic acid groups (broad SMARTS) is 1. The van der Waals surface area contributed by atoms with E-state index in [9.17, 15) is 4.79 Å². The predicted molar refractivity (Wildman–Crippen MR) is 64.5 cm³/mol. The maximum Gasteiger partial charge on any atom is 0.309 e. The number of aliphatic hydroxyl groups is 1. The molecule has 0 amide bonds. The standard InChI is InChI=1S/C12H16O3S/c1-12(2,11(14)15)8-16-10-5-3-9(7-13)4-6-10/h3-6,13H,7-8H2,1-2H3,(H,14,15). The highest BCUT2D eigenvalue weighted by Crippen LogP contribution is 2.27. The summed E-state index contributed by atoms with van der Waals surface area (Å²) in [5, 5.41) is 17.8. The van der Waals surface area contributed by atoms with Gasteiger partial charge in [-0.3, -0.25) is 4.79 Å². The van der Waals surface area contributed by atoms with Gasteiger partial charge in [-0.15, -0.1) is 11.8 Å². The van der Waals surface area contributed by atoms with Crippen molar-refractivity contribution >= 4 is 17.7 Å². The van der Waals surface area contributed by atoms with Crippen molar-refractivity contribution in [2.75, 3.05) is 5.75 Å². The van der Waals surface area contributed by atoms with Crippen molar-refractivity contribution in [3.05, 3.63) is 29.8 Å². The van der Waals surface area contributed by atoms with Gasteiger partial charge in [0.1, 0.15) is 0 Å². The fraction of sp³-hybridized carbons (Fsp3) is 0.417. The van der Waals surface area contributed by atoms with Crippen molar-refractivity contribution < 1.29 is 15.0 Å². The molecular weight excluding hydrogens is 224 g/mol. The van der Waals surface area contributed by atoms with E-state index in [1.165, 1.54) is 11.8 Å². The highest BCUT2D eigenvalue weighted by atomic mass is 32.2. The molecule has 2 N–H and O–H groups in total. The first-order valence-corrected chi connectivity index (χ1v) is 6.00. The van der Waals surface area contributed by atoms with Crippen LogP contribution in [0.5, 0.6) is 0 Å². The van der Waals surface area contributed by atoms with E-state index in [4.69, 9.17) is 10.2 Å². The van der Waals surface area contributed by atoms with E-state index < -0.39 is 11.4 Å². The number of aliphatic hydroxyl groups excluding tert-OH is 1. The van der Waals surface area contributed by atoms with Crippen molar-refractivity contribution in [3.63, 3.8) is 0 Å². The number of rotatable bonds is 5. The molecule has 0 saturated heterocycles. The summed E-state index contributed by atoms with van der Waals surface area (Å²) in [6, 6.07) is 7.48. The van der Waals surface area contributed by atoms with Crippen molar-refractivity contribution in [1.29, 1.82) is 0 Å². The zero-order chi connectivity index (χ0) is 12.2. The molecule has 0 aromatic heterocycles. The molecule has 88 valence electrons. The summed E-state index contributed by atoms with van der Waals surface area (Å²) >= 11 is 1.51. The topological polar surface area (TPSA) is 57.5 Å². The molecule has 0 saturated carbocycles. The summed E-state index contributed by atoms with van der Waals surface area (Å²) in [4.78, 5) is 11.9. The third-order valence-electron chi connectivity index (χ3n) is 2.28. The van der Waals surface area contributed by atoms with Crippen molar-refractivity contribution in [2.45, 2.75) is 25.3 Å². The number of carbonyl (C=O) groups is 1. The molecule has 1 aromatic rings. The van der Waals surface area contributed by atoms with Crippen LogP contribution in [0.15, 0.2) is 29.2 Å². The van der Waals surface area contributed by atoms with Crippen LogP contribution in [0.2, 0.25) is 0 Å². The second-order valence-corrected chi connectivity index (χ2v) is 5.33. The van der Waals surface area contributed by atoms with Gasteiger partial charge in [0.05, 0.1) is 12.0 Å². The number of hydrogen-bond donors (Lipinski definition) is 2. The molecule has 0 radical (unpaired) electrons. The molecule has 1 rings (SSSR count). The van der Waals surface area contributed by atoms with Crippen molar-refractivity contribution in [1.82, 2.24) is 0 Å². The summed E-state index contributed by atoms with van der Waals surface area (Å²) < 4.78 is 0. The second kappa shape index (κ2) is 5.37. The smallest absolute Gasteiger partial charge is 0.309 e. The Morgan fingerprint density at radius 2 is 1.88 bits per heavy atom. The second-order valence-electron chi connectivity index (χ2n) is 4.28. The normalized spacial score (nSPS) is 11.4. The van der Waals surface area contributed by atoms with Gasteiger partial charge < -0.3 is 10.2 Å². The first-order valence-electron chi connectivity index (χ1n) is 5.02. The fourth-order valence-corrected chi connectivity index (χ4v) is 2.00. The van der Waals surface area contributed by atoms with E-state index in [0.717, 1.165) is 10.5 Å². The quantitative estimate of drug-likeness (QED) is 0.776. The van der Waals surface area contributed by atoms with Crippen LogP contribution in [-0.2, 0) is 11.4 Å². The zero-order valence-electron chi connectivity index (χ0n) is 9.43. The first kappa shape index (κ1) is 13.1. The lowest BCUT2D eigenvalue weighted by Gasteiger charge is -2.18. The lowest BCUT2D eigenvalue weighted by atomic mass is 9.97. The minimum Gasteiger partial charge on any atom is -0.481 e. The molecule has 4 heteroatoms. The minimum absolute atomic E-state index is 0.0333. The lowest BCUT2D eigenvalue weighted by molar-refractivity contribution is -0.145. The highest BCUT2D eigenvalue weighted by Gasteiger charge is 2.26. The van der Waals surface area contributed by atoms with E-state index in [1.54, 1.807) is 13.8 Å². The lowest BCUT2D eigenvalue weighted by Crippen LogP contribution is -2.26. The fourth-order valence-electron chi connectivity index (χ4n) is 1.02. The molecular formula is C12H16O3S. The maximum absolute atomic E-state index is 10.9. The third-order valence-corrected chi connectivity index (χ3v) is 3.76. The summed E-state index contributed by atoms with van der Waals surface area (Å²) in [5.74, 6) is -0.257. The van der Waals surface area contributed by atoms with Crippen LogP contribution in [0.4, 0.5) is 0 Å². The molecule has 0 atom stereocenters. The van der Waals surface area contributed by atoms with Gasteiger partial charge in [0.25, 0.3) is 0 Å². The maximum atomic E-state index is 10.9. The molecule has 16 heavy (non-hydrogen) atoms. The molecule has 0 aliphatic heterocycles. The SMILES string of the molecule is CC(C)(CSc1ccc(CO)cc1)C(=O)O. The van der Waals surface area contributed by atoms with Gasteiger partial charge in [0.15, 0.2) is 0 Å².